The molecule has 0 saturated carbocycles. The van der Waals surface area contributed by atoms with Crippen molar-refractivity contribution in [1.29, 1.82) is 0 Å². The average molecular weight is 228 g/mol. The fourth-order valence-electron chi connectivity index (χ4n) is 1.80. The molecule has 0 aliphatic carbocycles. The highest BCUT2D eigenvalue weighted by atomic mass is 16.1. The maximum Gasteiger partial charge on any atom is 0.255 e. The minimum absolute atomic E-state index is 0.0483. The summed E-state index contributed by atoms with van der Waals surface area (Å²) in [6, 6.07) is 11.8. The summed E-state index contributed by atoms with van der Waals surface area (Å²) in [4.78, 5) is 16.4. The minimum Gasteiger partial charge on any atom is -0.329 e. The highest BCUT2D eigenvalue weighted by Gasteiger charge is 2.02. The van der Waals surface area contributed by atoms with Gasteiger partial charge < -0.3 is 9.88 Å². The van der Waals surface area contributed by atoms with E-state index in [0.29, 0.717) is 5.56 Å². The predicted octanol–water partition coefficient (Wildman–Crippen LogP) is 2.10. The van der Waals surface area contributed by atoms with Gasteiger partial charge in [-0.3, -0.25) is 4.79 Å². The molecule has 0 unspecified atom stereocenters. The van der Waals surface area contributed by atoms with Gasteiger partial charge in [-0.05, 0) is 37.4 Å². The first-order valence-electron chi connectivity index (χ1n) is 5.58. The molecule has 1 N–H and O–H groups in total. The first-order chi connectivity index (χ1) is 8.16. The standard InChI is InChI=1S/C14H16N2O/c1-16(2)10-11-5-7-12(8-6-11)13-4-3-9-15-14(13)17/h3-9H,10H2,1-2H3,(H,15,17). The monoisotopic (exact) mass is 228 g/mol. The Kier molecular flexibility index (Phi) is 3.40. The van der Waals surface area contributed by atoms with E-state index in [9.17, 15) is 4.79 Å². The van der Waals surface area contributed by atoms with Crippen molar-refractivity contribution in [1.82, 2.24) is 9.88 Å². The second-order valence-corrected chi connectivity index (χ2v) is 4.35. The van der Waals surface area contributed by atoms with E-state index in [0.717, 1.165) is 12.1 Å². The molecule has 0 aliphatic heterocycles. The summed E-state index contributed by atoms with van der Waals surface area (Å²) in [5, 5.41) is 0. The Morgan fingerprint density at radius 1 is 1.12 bits per heavy atom. The molecule has 0 atom stereocenters. The molecule has 1 aromatic heterocycles. The van der Waals surface area contributed by atoms with Gasteiger partial charge in [0, 0.05) is 18.3 Å². The zero-order valence-corrected chi connectivity index (χ0v) is 10.1. The Morgan fingerprint density at radius 2 is 1.82 bits per heavy atom. The van der Waals surface area contributed by atoms with E-state index in [4.69, 9.17) is 0 Å². The van der Waals surface area contributed by atoms with Crippen LogP contribution in [0.4, 0.5) is 0 Å². The molecule has 2 aromatic rings. The van der Waals surface area contributed by atoms with Crippen molar-refractivity contribution in [2.45, 2.75) is 6.54 Å². The second kappa shape index (κ2) is 4.97. The number of nitrogens with one attached hydrogen (secondary N) is 1. The quantitative estimate of drug-likeness (QED) is 0.873. The summed E-state index contributed by atoms with van der Waals surface area (Å²) >= 11 is 0. The Bertz CT molecular complexity index is 541. The molecule has 0 fully saturated rings. The van der Waals surface area contributed by atoms with Crippen LogP contribution in [-0.4, -0.2) is 24.0 Å². The lowest BCUT2D eigenvalue weighted by molar-refractivity contribution is 0.402. The zero-order valence-electron chi connectivity index (χ0n) is 10.1. The van der Waals surface area contributed by atoms with E-state index in [-0.39, 0.29) is 5.56 Å². The maximum atomic E-state index is 11.6. The van der Waals surface area contributed by atoms with Crippen LogP contribution in [0.1, 0.15) is 5.56 Å². The molecule has 0 aliphatic rings. The molecule has 1 aromatic carbocycles. The highest BCUT2D eigenvalue weighted by molar-refractivity contribution is 5.62. The van der Waals surface area contributed by atoms with Crippen molar-refractivity contribution in [3.05, 3.63) is 58.5 Å². The fourth-order valence-corrected chi connectivity index (χ4v) is 1.80. The third-order valence-electron chi connectivity index (χ3n) is 2.58. The molecule has 0 saturated heterocycles. The van der Waals surface area contributed by atoms with E-state index >= 15 is 0 Å². The van der Waals surface area contributed by atoms with Crippen LogP contribution in [0.25, 0.3) is 11.1 Å². The number of H-pyrrole nitrogens is 1. The summed E-state index contributed by atoms with van der Waals surface area (Å²) in [6.45, 7) is 0.908. The molecule has 0 bridgehead atoms. The summed E-state index contributed by atoms with van der Waals surface area (Å²) in [6.07, 6.45) is 1.65. The van der Waals surface area contributed by atoms with Gasteiger partial charge in [-0.25, -0.2) is 0 Å². The van der Waals surface area contributed by atoms with Gasteiger partial charge >= 0.3 is 0 Å². The lowest BCUT2D eigenvalue weighted by atomic mass is 10.1. The van der Waals surface area contributed by atoms with Gasteiger partial charge in [0.05, 0.1) is 0 Å². The Morgan fingerprint density at radius 3 is 2.41 bits per heavy atom. The van der Waals surface area contributed by atoms with E-state index < -0.39 is 0 Å². The van der Waals surface area contributed by atoms with E-state index in [1.54, 1.807) is 6.20 Å². The number of benzene rings is 1. The van der Waals surface area contributed by atoms with E-state index in [2.05, 4.69) is 22.0 Å². The van der Waals surface area contributed by atoms with Crippen LogP contribution in [0.5, 0.6) is 0 Å². The van der Waals surface area contributed by atoms with Crippen LogP contribution in [0.2, 0.25) is 0 Å². The topological polar surface area (TPSA) is 36.1 Å². The molecule has 0 amide bonds. The smallest absolute Gasteiger partial charge is 0.255 e. The maximum absolute atomic E-state index is 11.6. The van der Waals surface area contributed by atoms with Gasteiger partial charge in [0.15, 0.2) is 0 Å². The van der Waals surface area contributed by atoms with E-state index in [1.165, 1.54) is 5.56 Å². The van der Waals surface area contributed by atoms with Gasteiger partial charge in [-0.1, -0.05) is 24.3 Å². The van der Waals surface area contributed by atoms with Gasteiger partial charge in [0.25, 0.3) is 5.56 Å². The Labute approximate surface area is 101 Å². The lowest BCUT2D eigenvalue weighted by Crippen LogP contribution is -2.10. The molecular formula is C14H16N2O. The highest BCUT2D eigenvalue weighted by Crippen LogP contribution is 2.15. The molecule has 3 heteroatoms. The molecular weight excluding hydrogens is 212 g/mol. The first-order valence-corrected chi connectivity index (χ1v) is 5.58. The SMILES string of the molecule is CN(C)Cc1ccc(-c2ccc[nH]c2=O)cc1. The lowest BCUT2D eigenvalue weighted by Gasteiger charge is -2.09. The third-order valence-corrected chi connectivity index (χ3v) is 2.58. The number of hydrogen-bond donors (Lipinski definition) is 1. The summed E-state index contributed by atoms with van der Waals surface area (Å²) in [7, 11) is 4.08. The van der Waals surface area contributed by atoms with Crippen LogP contribution < -0.4 is 5.56 Å². The normalized spacial score (nSPS) is 10.8. The molecule has 0 spiro atoms. The summed E-state index contributed by atoms with van der Waals surface area (Å²) in [5.74, 6) is 0. The molecule has 17 heavy (non-hydrogen) atoms. The predicted molar refractivity (Wildman–Crippen MR) is 69.9 cm³/mol. The molecule has 2 rings (SSSR count). The number of hydrogen-bond acceptors (Lipinski definition) is 2. The van der Waals surface area contributed by atoms with Gasteiger partial charge in [0.1, 0.15) is 0 Å². The van der Waals surface area contributed by atoms with Crippen LogP contribution >= 0.6 is 0 Å². The van der Waals surface area contributed by atoms with Crippen LogP contribution in [0, 0.1) is 0 Å². The molecule has 3 nitrogen and oxygen atoms in total. The summed E-state index contributed by atoms with van der Waals surface area (Å²) < 4.78 is 0. The van der Waals surface area contributed by atoms with Crippen LogP contribution in [0.15, 0.2) is 47.4 Å². The Hall–Kier alpha value is -1.87. The average Bonchev–Trinajstić information content (AvgIpc) is 2.30. The third kappa shape index (κ3) is 2.82. The summed E-state index contributed by atoms with van der Waals surface area (Å²) in [5.41, 5.74) is 2.86. The molecule has 88 valence electrons. The number of rotatable bonds is 3. The first kappa shape index (κ1) is 11.6. The van der Waals surface area contributed by atoms with E-state index in [1.807, 2.05) is 38.4 Å². The number of nitrogens with zero attached hydrogens (tertiary/aromatic N) is 1. The van der Waals surface area contributed by atoms with Crippen molar-refractivity contribution in [2.75, 3.05) is 14.1 Å². The number of aromatic nitrogens is 1. The second-order valence-electron chi connectivity index (χ2n) is 4.35. The van der Waals surface area contributed by atoms with Gasteiger partial charge in [-0.15, -0.1) is 0 Å². The Balaban J connectivity index is 2.30. The molecule has 0 radical (unpaired) electrons. The van der Waals surface area contributed by atoms with Crippen LogP contribution in [0.3, 0.4) is 0 Å². The number of aromatic amines is 1. The van der Waals surface area contributed by atoms with Crippen molar-refractivity contribution in [3.63, 3.8) is 0 Å². The van der Waals surface area contributed by atoms with Gasteiger partial charge in [0.2, 0.25) is 0 Å². The van der Waals surface area contributed by atoms with Gasteiger partial charge in [-0.2, -0.15) is 0 Å². The minimum atomic E-state index is -0.0483. The largest absolute Gasteiger partial charge is 0.329 e. The fraction of sp³-hybridized carbons (Fsp3) is 0.214. The van der Waals surface area contributed by atoms with Crippen LogP contribution in [-0.2, 0) is 6.54 Å². The van der Waals surface area contributed by atoms with Crippen molar-refractivity contribution < 1.29 is 0 Å². The van der Waals surface area contributed by atoms with Crippen molar-refractivity contribution in [3.8, 4) is 11.1 Å². The zero-order chi connectivity index (χ0) is 12.3. The number of pyridine rings is 1. The van der Waals surface area contributed by atoms with Crippen molar-refractivity contribution in [2.24, 2.45) is 0 Å². The molecule has 1 heterocycles. The van der Waals surface area contributed by atoms with Crippen molar-refractivity contribution >= 4 is 0 Å².